The maximum Gasteiger partial charge on any atom is 0.389 e. The van der Waals surface area contributed by atoms with E-state index < -0.39 is 29.6 Å². The monoisotopic (exact) mass is 263 g/mol. The minimum Gasteiger partial charge on any atom is -0.477 e. The molecule has 1 aromatic heterocycles. The summed E-state index contributed by atoms with van der Waals surface area (Å²) in [6, 6.07) is 1.11. The molecule has 0 saturated heterocycles. The lowest BCUT2D eigenvalue weighted by molar-refractivity contribution is -0.135. The molecule has 18 heavy (non-hydrogen) atoms. The first kappa shape index (κ1) is 14.3. The van der Waals surface area contributed by atoms with E-state index in [2.05, 4.69) is 0 Å². The summed E-state index contributed by atoms with van der Waals surface area (Å²) in [4.78, 5) is 22.0. The van der Waals surface area contributed by atoms with E-state index in [-0.39, 0.29) is 13.0 Å². The van der Waals surface area contributed by atoms with Crippen LogP contribution in [0.4, 0.5) is 13.2 Å². The van der Waals surface area contributed by atoms with Crippen molar-refractivity contribution in [3.8, 4) is 0 Å². The van der Waals surface area contributed by atoms with Crippen molar-refractivity contribution in [1.82, 2.24) is 4.57 Å². The van der Waals surface area contributed by atoms with Gasteiger partial charge in [-0.25, -0.2) is 4.79 Å². The largest absolute Gasteiger partial charge is 0.477 e. The molecule has 0 unspecified atom stereocenters. The topological polar surface area (TPSA) is 59.3 Å². The fraction of sp³-hybridized carbons (Fsp3) is 0.455. The predicted octanol–water partition coefficient (Wildman–Crippen LogP) is 2.20. The second kappa shape index (κ2) is 5.24. The van der Waals surface area contributed by atoms with Crippen molar-refractivity contribution in [2.24, 2.45) is 0 Å². The van der Waals surface area contributed by atoms with Crippen LogP contribution < -0.4 is 5.43 Å². The highest BCUT2D eigenvalue weighted by atomic mass is 19.4. The van der Waals surface area contributed by atoms with Crippen molar-refractivity contribution in [3.63, 3.8) is 0 Å². The zero-order chi connectivity index (χ0) is 13.9. The van der Waals surface area contributed by atoms with Crippen LogP contribution in [0, 0.1) is 6.92 Å². The van der Waals surface area contributed by atoms with Crippen molar-refractivity contribution in [1.29, 1.82) is 0 Å². The van der Waals surface area contributed by atoms with Gasteiger partial charge in [0.25, 0.3) is 0 Å². The Morgan fingerprint density at radius 2 is 2.06 bits per heavy atom. The van der Waals surface area contributed by atoms with Gasteiger partial charge in [0.15, 0.2) is 5.43 Å². The number of carboxylic acid groups (broad SMARTS) is 1. The van der Waals surface area contributed by atoms with E-state index in [1.807, 2.05) is 0 Å². The zero-order valence-electron chi connectivity index (χ0n) is 9.62. The van der Waals surface area contributed by atoms with Gasteiger partial charge in [0.05, 0.1) is 0 Å². The molecule has 1 heterocycles. The summed E-state index contributed by atoms with van der Waals surface area (Å²) in [6.45, 7) is 1.56. The van der Waals surface area contributed by atoms with E-state index in [4.69, 9.17) is 5.11 Å². The molecule has 0 bridgehead atoms. The molecule has 100 valence electrons. The van der Waals surface area contributed by atoms with Crippen LogP contribution in [0.5, 0.6) is 0 Å². The summed E-state index contributed by atoms with van der Waals surface area (Å²) in [7, 11) is 0. The summed E-state index contributed by atoms with van der Waals surface area (Å²) in [5, 5.41) is 8.74. The van der Waals surface area contributed by atoms with Crippen LogP contribution in [-0.4, -0.2) is 21.8 Å². The highest BCUT2D eigenvalue weighted by Gasteiger charge is 2.26. The van der Waals surface area contributed by atoms with Crippen LogP contribution in [0.2, 0.25) is 0 Å². The van der Waals surface area contributed by atoms with Crippen molar-refractivity contribution >= 4 is 5.97 Å². The number of rotatable bonds is 4. The van der Waals surface area contributed by atoms with Gasteiger partial charge in [-0.3, -0.25) is 4.79 Å². The standard InChI is InChI=1S/C11H12F3NO3/c1-7-5-9(16)8(10(17)18)6-15(7)4-2-3-11(12,13)14/h5-6H,2-4H2,1H3,(H,17,18). The first-order chi connectivity index (χ1) is 8.20. The van der Waals surface area contributed by atoms with Crippen molar-refractivity contribution in [2.75, 3.05) is 0 Å². The van der Waals surface area contributed by atoms with E-state index in [9.17, 15) is 22.8 Å². The number of pyridine rings is 1. The van der Waals surface area contributed by atoms with Gasteiger partial charge in [0.1, 0.15) is 5.56 Å². The van der Waals surface area contributed by atoms with Gasteiger partial charge >= 0.3 is 12.1 Å². The Labute approximate surface area is 101 Å². The molecule has 1 N–H and O–H groups in total. The fourth-order valence-electron chi connectivity index (χ4n) is 1.52. The van der Waals surface area contributed by atoms with Crippen LogP contribution >= 0.6 is 0 Å². The Balaban J connectivity index is 2.86. The number of aromatic carboxylic acids is 1. The van der Waals surface area contributed by atoms with Crippen molar-refractivity contribution in [2.45, 2.75) is 32.5 Å². The molecular weight excluding hydrogens is 251 g/mol. The van der Waals surface area contributed by atoms with E-state index in [0.29, 0.717) is 5.69 Å². The number of nitrogens with zero attached hydrogens (tertiary/aromatic N) is 1. The van der Waals surface area contributed by atoms with E-state index >= 15 is 0 Å². The molecule has 7 heteroatoms. The van der Waals surface area contributed by atoms with E-state index in [0.717, 1.165) is 12.3 Å². The molecule has 0 aromatic carbocycles. The van der Waals surface area contributed by atoms with Crippen LogP contribution in [0.3, 0.4) is 0 Å². The Kier molecular flexibility index (Phi) is 4.15. The molecule has 0 fully saturated rings. The molecule has 0 radical (unpaired) electrons. The lowest BCUT2D eigenvalue weighted by Crippen LogP contribution is -2.19. The molecule has 0 aliphatic rings. The molecule has 4 nitrogen and oxygen atoms in total. The second-order valence-corrected chi connectivity index (χ2v) is 3.91. The Hall–Kier alpha value is -1.79. The average molecular weight is 263 g/mol. The Morgan fingerprint density at radius 1 is 1.44 bits per heavy atom. The highest BCUT2D eigenvalue weighted by Crippen LogP contribution is 2.21. The number of alkyl halides is 3. The smallest absolute Gasteiger partial charge is 0.389 e. The lowest BCUT2D eigenvalue weighted by Gasteiger charge is -2.12. The van der Waals surface area contributed by atoms with Crippen LogP contribution in [0.25, 0.3) is 0 Å². The molecule has 0 amide bonds. The number of carboxylic acids is 1. The molecule has 0 aliphatic heterocycles. The maximum atomic E-state index is 12.0. The fourth-order valence-corrected chi connectivity index (χ4v) is 1.52. The highest BCUT2D eigenvalue weighted by molar-refractivity contribution is 5.87. The predicted molar refractivity (Wildman–Crippen MR) is 57.7 cm³/mol. The molecular formula is C11H12F3NO3. The van der Waals surface area contributed by atoms with E-state index in [1.165, 1.54) is 4.57 Å². The molecule has 0 atom stereocenters. The van der Waals surface area contributed by atoms with Gasteiger partial charge in [-0.1, -0.05) is 0 Å². The average Bonchev–Trinajstić information content (AvgIpc) is 2.18. The van der Waals surface area contributed by atoms with Gasteiger partial charge < -0.3 is 9.67 Å². The lowest BCUT2D eigenvalue weighted by atomic mass is 10.2. The van der Waals surface area contributed by atoms with Crippen LogP contribution in [0.15, 0.2) is 17.1 Å². The third kappa shape index (κ3) is 3.90. The van der Waals surface area contributed by atoms with Crippen LogP contribution in [0.1, 0.15) is 28.9 Å². The zero-order valence-corrected chi connectivity index (χ0v) is 9.62. The number of halogens is 3. The summed E-state index contributed by atoms with van der Waals surface area (Å²) < 4.78 is 37.3. The minimum absolute atomic E-state index is 0.0197. The third-order valence-electron chi connectivity index (χ3n) is 2.43. The number of hydrogen-bond acceptors (Lipinski definition) is 2. The SMILES string of the molecule is Cc1cc(=O)c(C(=O)O)cn1CCCC(F)(F)F. The van der Waals surface area contributed by atoms with Crippen molar-refractivity contribution < 1.29 is 23.1 Å². The normalized spacial score (nSPS) is 11.6. The van der Waals surface area contributed by atoms with Crippen LogP contribution in [-0.2, 0) is 6.54 Å². The number of carbonyl (C=O) groups is 1. The number of aromatic nitrogens is 1. The Bertz CT molecular complexity index is 505. The van der Waals surface area contributed by atoms with Gasteiger partial charge in [0.2, 0.25) is 0 Å². The second-order valence-electron chi connectivity index (χ2n) is 3.91. The summed E-state index contributed by atoms with van der Waals surface area (Å²) in [5.41, 5.74) is -0.646. The summed E-state index contributed by atoms with van der Waals surface area (Å²) >= 11 is 0. The quantitative estimate of drug-likeness (QED) is 0.905. The van der Waals surface area contributed by atoms with Gasteiger partial charge in [-0.2, -0.15) is 13.2 Å². The summed E-state index contributed by atoms with van der Waals surface area (Å²) in [5.74, 6) is -1.38. The molecule has 1 aromatic rings. The number of aryl methyl sites for hydroxylation is 2. The molecule has 0 aliphatic carbocycles. The van der Waals surface area contributed by atoms with E-state index in [1.54, 1.807) is 6.92 Å². The molecule has 1 rings (SSSR count). The molecule has 0 saturated carbocycles. The first-order valence-electron chi connectivity index (χ1n) is 5.22. The molecule has 0 spiro atoms. The first-order valence-corrected chi connectivity index (χ1v) is 5.22. The van der Waals surface area contributed by atoms with Gasteiger partial charge in [-0.15, -0.1) is 0 Å². The Morgan fingerprint density at radius 3 is 2.56 bits per heavy atom. The summed E-state index contributed by atoms with van der Waals surface area (Å²) in [6.07, 6.45) is -4.26. The minimum atomic E-state index is -4.23. The third-order valence-corrected chi connectivity index (χ3v) is 2.43. The maximum absolute atomic E-state index is 12.0. The van der Waals surface area contributed by atoms with Gasteiger partial charge in [0, 0.05) is 30.9 Å². The van der Waals surface area contributed by atoms with Crippen molar-refractivity contribution in [3.05, 3.63) is 33.7 Å². The van der Waals surface area contributed by atoms with Gasteiger partial charge in [-0.05, 0) is 13.3 Å². The number of hydrogen-bond donors (Lipinski definition) is 1.